The van der Waals surface area contributed by atoms with E-state index in [2.05, 4.69) is 5.32 Å². The first-order valence-corrected chi connectivity index (χ1v) is 7.34. The van der Waals surface area contributed by atoms with Gasteiger partial charge in [0.15, 0.2) is 0 Å². The van der Waals surface area contributed by atoms with Crippen molar-refractivity contribution in [3.8, 4) is 0 Å². The molecule has 1 aliphatic rings. The molecule has 0 unspecified atom stereocenters. The van der Waals surface area contributed by atoms with Gasteiger partial charge in [0.25, 0.3) is 0 Å². The Balaban J connectivity index is 2.20. The first-order valence-electron chi connectivity index (χ1n) is 7.34. The van der Waals surface area contributed by atoms with Crippen LogP contribution in [0.3, 0.4) is 0 Å². The maximum Gasteiger partial charge on any atom is 0.416 e. The molecule has 0 spiro atoms. The maximum absolute atomic E-state index is 12.9. The van der Waals surface area contributed by atoms with Crippen LogP contribution in [0.5, 0.6) is 0 Å². The van der Waals surface area contributed by atoms with Crippen LogP contribution in [0.2, 0.25) is 0 Å². The van der Waals surface area contributed by atoms with Gasteiger partial charge in [-0.25, -0.2) is 4.79 Å². The Morgan fingerprint density at radius 1 is 1.15 bits per heavy atom. The van der Waals surface area contributed by atoms with Crippen LogP contribution in [0.15, 0.2) is 18.2 Å². The molecule has 0 radical (unpaired) electrons. The number of anilines is 1. The quantitative estimate of drug-likeness (QED) is 0.764. The average Bonchev–Trinajstić information content (AvgIpc) is 2.94. The van der Waals surface area contributed by atoms with Gasteiger partial charge in [-0.15, -0.1) is 0 Å². The van der Waals surface area contributed by atoms with Gasteiger partial charge < -0.3 is 15.3 Å². The van der Waals surface area contributed by atoms with E-state index in [-0.39, 0.29) is 11.3 Å². The number of rotatable bonds is 2. The minimum absolute atomic E-state index is 0.216. The summed E-state index contributed by atoms with van der Waals surface area (Å²) in [6, 6.07) is 1.49. The Morgan fingerprint density at radius 2 is 1.77 bits per heavy atom. The summed E-state index contributed by atoms with van der Waals surface area (Å²) in [5.74, 6) is -5.77. The molecular formula is C15H14F6N2O3. The molecule has 26 heavy (non-hydrogen) atoms. The lowest BCUT2D eigenvalue weighted by Crippen LogP contribution is -2.35. The van der Waals surface area contributed by atoms with Crippen LogP contribution >= 0.6 is 0 Å². The zero-order valence-electron chi connectivity index (χ0n) is 13.3. The highest BCUT2D eigenvalue weighted by molar-refractivity contribution is 5.91. The van der Waals surface area contributed by atoms with Gasteiger partial charge in [-0.3, -0.25) is 4.79 Å². The second-order valence-electron chi connectivity index (χ2n) is 5.96. The standard InChI is InChI=1S/C15H14F6N2O3/c1-7-2-3-8(14(16,17)18)4-11(7)22-13(26)23-5-9(12(24)25)10(6-23)15(19,20)21/h2-4,9-10H,5-6H2,1H3,(H,22,26)(H,24,25)/t9-,10-/m1/s1. The minimum atomic E-state index is -4.82. The van der Waals surface area contributed by atoms with Crippen molar-refractivity contribution in [3.63, 3.8) is 0 Å². The molecular weight excluding hydrogens is 370 g/mol. The zero-order chi connectivity index (χ0) is 19.9. The second-order valence-corrected chi connectivity index (χ2v) is 5.96. The van der Waals surface area contributed by atoms with E-state index < -0.39 is 54.8 Å². The van der Waals surface area contributed by atoms with Crippen molar-refractivity contribution < 1.29 is 41.0 Å². The summed E-state index contributed by atoms with van der Waals surface area (Å²) >= 11 is 0. The van der Waals surface area contributed by atoms with Crippen LogP contribution in [-0.4, -0.2) is 41.3 Å². The van der Waals surface area contributed by atoms with Gasteiger partial charge in [0.1, 0.15) is 0 Å². The molecule has 2 N–H and O–H groups in total. The van der Waals surface area contributed by atoms with Crippen LogP contribution in [0.4, 0.5) is 36.8 Å². The van der Waals surface area contributed by atoms with Crippen molar-refractivity contribution in [3.05, 3.63) is 29.3 Å². The summed E-state index contributed by atoms with van der Waals surface area (Å²) in [5, 5.41) is 11.0. The number of likely N-dealkylation sites (tertiary alicyclic amines) is 1. The molecule has 2 amide bonds. The maximum atomic E-state index is 12.9. The number of carboxylic acid groups (broad SMARTS) is 1. The number of aliphatic carboxylic acids is 1. The Hall–Kier alpha value is -2.46. The number of urea groups is 1. The molecule has 5 nitrogen and oxygen atoms in total. The highest BCUT2D eigenvalue weighted by Gasteiger charge is 2.53. The lowest BCUT2D eigenvalue weighted by atomic mass is 9.96. The highest BCUT2D eigenvalue weighted by atomic mass is 19.4. The van der Waals surface area contributed by atoms with Gasteiger partial charge >= 0.3 is 24.4 Å². The molecule has 1 saturated heterocycles. The Kier molecular flexibility index (Phi) is 5.11. The lowest BCUT2D eigenvalue weighted by Gasteiger charge is -2.20. The summed E-state index contributed by atoms with van der Waals surface area (Å²) in [6.07, 6.45) is -9.47. The van der Waals surface area contributed by atoms with Crippen molar-refractivity contribution in [2.75, 3.05) is 18.4 Å². The van der Waals surface area contributed by atoms with E-state index in [1.54, 1.807) is 0 Å². The molecule has 0 aromatic heterocycles. The molecule has 0 saturated carbocycles. The topological polar surface area (TPSA) is 69.6 Å². The molecule has 0 aliphatic carbocycles. The van der Waals surface area contributed by atoms with Gasteiger partial charge in [-0.05, 0) is 24.6 Å². The summed E-state index contributed by atoms with van der Waals surface area (Å²) in [4.78, 5) is 23.8. The van der Waals surface area contributed by atoms with E-state index in [9.17, 15) is 35.9 Å². The molecule has 11 heteroatoms. The van der Waals surface area contributed by atoms with Crippen LogP contribution < -0.4 is 5.32 Å². The third-order valence-corrected chi connectivity index (χ3v) is 4.15. The fourth-order valence-corrected chi connectivity index (χ4v) is 2.68. The number of carbonyl (C=O) groups excluding carboxylic acids is 1. The third kappa shape index (κ3) is 4.20. The van der Waals surface area contributed by atoms with Crippen molar-refractivity contribution >= 4 is 17.7 Å². The van der Waals surface area contributed by atoms with Crippen LogP contribution in [0.1, 0.15) is 11.1 Å². The lowest BCUT2D eigenvalue weighted by molar-refractivity contribution is -0.187. The van der Waals surface area contributed by atoms with E-state index in [4.69, 9.17) is 5.11 Å². The smallest absolute Gasteiger partial charge is 0.416 e. The number of halogens is 6. The number of nitrogens with zero attached hydrogens (tertiary/aromatic N) is 1. The third-order valence-electron chi connectivity index (χ3n) is 4.15. The number of hydrogen-bond donors (Lipinski definition) is 2. The van der Waals surface area contributed by atoms with E-state index in [0.717, 1.165) is 12.1 Å². The summed E-state index contributed by atoms with van der Waals surface area (Å²) < 4.78 is 77.1. The van der Waals surface area contributed by atoms with E-state index in [1.807, 2.05) is 0 Å². The molecule has 1 aromatic rings. The monoisotopic (exact) mass is 384 g/mol. The summed E-state index contributed by atoms with van der Waals surface area (Å²) in [7, 11) is 0. The predicted molar refractivity (Wildman–Crippen MR) is 77.4 cm³/mol. The van der Waals surface area contributed by atoms with E-state index in [0.29, 0.717) is 11.0 Å². The molecule has 2 rings (SSSR count). The van der Waals surface area contributed by atoms with Crippen molar-refractivity contribution in [2.24, 2.45) is 11.8 Å². The predicted octanol–water partition coefficient (Wildman–Crippen LogP) is 3.74. The number of benzene rings is 1. The van der Waals surface area contributed by atoms with Gasteiger partial charge in [0, 0.05) is 18.8 Å². The average molecular weight is 384 g/mol. The fraction of sp³-hybridized carbons (Fsp3) is 0.467. The first kappa shape index (κ1) is 19.9. The number of aryl methyl sites for hydroxylation is 1. The first-order chi connectivity index (χ1) is 11.8. The van der Waals surface area contributed by atoms with Gasteiger partial charge in [-0.1, -0.05) is 6.07 Å². The van der Waals surface area contributed by atoms with Crippen LogP contribution in [-0.2, 0) is 11.0 Å². The molecule has 1 aliphatic heterocycles. The van der Waals surface area contributed by atoms with Gasteiger partial charge in [0.2, 0.25) is 0 Å². The van der Waals surface area contributed by atoms with Crippen LogP contribution in [0.25, 0.3) is 0 Å². The summed E-state index contributed by atoms with van der Waals surface area (Å²) in [5.41, 5.74) is -0.976. The van der Waals surface area contributed by atoms with Crippen LogP contribution in [0, 0.1) is 18.8 Å². The number of amides is 2. The largest absolute Gasteiger partial charge is 0.481 e. The number of alkyl halides is 6. The fourth-order valence-electron chi connectivity index (χ4n) is 2.68. The SMILES string of the molecule is Cc1ccc(C(F)(F)F)cc1NC(=O)N1C[C@@H](C(F)(F)F)[C@H](C(=O)O)C1. The normalized spacial score (nSPS) is 21.0. The number of nitrogens with one attached hydrogen (secondary N) is 1. The van der Waals surface area contributed by atoms with Crippen molar-refractivity contribution in [2.45, 2.75) is 19.3 Å². The van der Waals surface area contributed by atoms with E-state index in [1.165, 1.54) is 6.92 Å². The van der Waals surface area contributed by atoms with Crippen molar-refractivity contribution in [1.29, 1.82) is 0 Å². The highest BCUT2D eigenvalue weighted by Crippen LogP contribution is 2.38. The summed E-state index contributed by atoms with van der Waals surface area (Å²) in [6.45, 7) is -0.161. The molecule has 144 valence electrons. The number of carboxylic acids is 1. The second kappa shape index (κ2) is 6.69. The Morgan fingerprint density at radius 3 is 2.23 bits per heavy atom. The Bertz CT molecular complexity index is 716. The molecule has 0 bridgehead atoms. The molecule has 1 fully saturated rings. The van der Waals surface area contributed by atoms with Gasteiger partial charge in [-0.2, -0.15) is 26.3 Å². The Labute approximate surface area is 143 Å². The van der Waals surface area contributed by atoms with E-state index >= 15 is 0 Å². The number of carbonyl (C=O) groups is 2. The number of hydrogen-bond acceptors (Lipinski definition) is 2. The molecule has 1 aromatic carbocycles. The molecule has 2 atom stereocenters. The van der Waals surface area contributed by atoms with Gasteiger partial charge in [0.05, 0.1) is 17.4 Å². The zero-order valence-corrected chi connectivity index (χ0v) is 13.3. The molecule has 1 heterocycles. The van der Waals surface area contributed by atoms with Crippen molar-refractivity contribution in [1.82, 2.24) is 4.90 Å². The minimum Gasteiger partial charge on any atom is -0.481 e.